The van der Waals surface area contributed by atoms with Crippen molar-refractivity contribution in [3.8, 4) is 5.88 Å². The van der Waals surface area contributed by atoms with E-state index in [1.165, 1.54) is 18.4 Å². The molecule has 0 N–H and O–H groups in total. The lowest BCUT2D eigenvalue weighted by Gasteiger charge is -2.11. The normalized spacial score (nSPS) is 18.2. The van der Waals surface area contributed by atoms with Gasteiger partial charge in [0.1, 0.15) is 6.61 Å². The van der Waals surface area contributed by atoms with Crippen LogP contribution in [0.25, 0.3) is 11.0 Å². The molecule has 1 unspecified atom stereocenters. The first-order valence-corrected chi connectivity index (χ1v) is 10.4. The lowest BCUT2D eigenvalue weighted by atomic mass is 9.96. The first kappa shape index (κ1) is 18.3. The molecule has 6 nitrogen and oxygen atoms in total. The Morgan fingerprint density at radius 2 is 2.03 bits per heavy atom. The maximum absolute atomic E-state index is 12.6. The fourth-order valence-electron chi connectivity index (χ4n) is 4.51. The number of carbonyl (C=O) groups is 1. The fourth-order valence-corrected chi connectivity index (χ4v) is 4.51. The number of hydrogen-bond acceptors (Lipinski definition) is 5. The van der Waals surface area contributed by atoms with Crippen LogP contribution in [0.2, 0.25) is 0 Å². The highest BCUT2D eigenvalue weighted by Crippen LogP contribution is 2.43. The van der Waals surface area contributed by atoms with Gasteiger partial charge in [0.2, 0.25) is 5.88 Å². The Morgan fingerprint density at radius 1 is 1.21 bits per heavy atom. The van der Waals surface area contributed by atoms with Gasteiger partial charge in [-0.15, -0.1) is 0 Å². The Bertz CT molecular complexity index is 1110. The van der Waals surface area contributed by atoms with Crippen molar-refractivity contribution in [2.45, 2.75) is 57.8 Å². The molecule has 1 fully saturated rings. The van der Waals surface area contributed by atoms with E-state index in [-0.39, 0.29) is 18.3 Å². The van der Waals surface area contributed by atoms with Crippen molar-refractivity contribution in [1.29, 1.82) is 0 Å². The summed E-state index contributed by atoms with van der Waals surface area (Å²) in [4.78, 5) is 21.8. The number of ketones is 1. The molecule has 150 valence electrons. The van der Waals surface area contributed by atoms with Crippen LogP contribution in [-0.2, 0) is 18.3 Å². The predicted octanol–water partition coefficient (Wildman–Crippen LogP) is 3.93. The van der Waals surface area contributed by atoms with Gasteiger partial charge in [-0.05, 0) is 62.6 Å². The molecule has 1 saturated carbocycles. The van der Waals surface area contributed by atoms with Crippen molar-refractivity contribution in [3.05, 3.63) is 46.4 Å². The van der Waals surface area contributed by atoms with Gasteiger partial charge in [0, 0.05) is 42.2 Å². The van der Waals surface area contributed by atoms with Crippen molar-refractivity contribution in [1.82, 2.24) is 19.7 Å². The van der Waals surface area contributed by atoms with E-state index in [0.717, 1.165) is 46.5 Å². The summed E-state index contributed by atoms with van der Waals surface area (Å²) in [5, 5.41) is 5.81. The van der Waals surface area contributed by atoms with Crippen LogP contribution >= 0.6 is 0 Å². The topological polar surface area (TPSA) is 69.9 Å². The molecule has 0 saturated heterocycles. The molecule has 2 aliphatic carbocycles. The summed E-state index contributed by atoms with van der Waals surface area (Å²) in [6, 6.07) is 6.09. The molecule has 0 spiro atoms. The standard InChI is InChI=1S/C23H26N4O2/c1-13-10-20(25-23-21(13)22(15-5-6-15)26-27(23)3)29-12-17(28)11-16-7-9-19-18(16)8-4-14(2)24-19/h4,8,10,15-16H,5-7,9,11-12H2,1-3H3. The van der Waals surface area contributed by atoms with Crippen molar-refractivity contribution in [3.63, 3.8) is 0 Å². The molecule has 3 heterocycles. The molecule has 5 rings (SSSR count). The van der Waals surface area contributed by atoms with Gasteiger partial charge in [-0.3, -0.25) is 14.5 Å². The van der Waals surface area contributed by atoms with E-state index in [9.17, 15) is 4.79 Å². The average molecular weight is 390 g/mol. The Hall–Kier alpha value is -2.76. The van der Waals surface area contributed by atoms with Crippen molar-refractivity contribution in [2.75, 3.05) is 6.61 Å². The zero-order valence-electron chi connectivity index (χ0n) is 17.2. The molecule has 3 aromatic heterocycles. The monoisotopic (exact) mass is 390 g/mol. The molecule has 0 bridgehead atoms. The summed E-state index contributed by atoms with van der Waals surface area (Å²) in [6.07, 6.45) is 4.85. The Labute approximate surface area is 170 Å². The highest BCUT2D eigenvalue weighted by atomic mass is 16.5. The number of carbonyl (C=O) groups excluding carboxylic acids is 1. The van der Waals surface area contributed by atoms with Gasteiger partial charge >= 0.3 is 0 Å². The maximum Gasteiger partial charge on any atom is 0.215 e. The third-order valence-corrected chi connectivity index (χ3v) is 6.13. The number of rotatable bonds is 6. The molecule has 2 aliphatic rings. The zero-order valence-corrected chi connectivity index (χ0v) is 17.2. The van der Waals surface area contributed by atoms with Crippen LogP contribution in [0.1, 0.15) is 65.7 Å². The number of pyridine rings is 2. The third kappa shape index (κ3) is 3.41. The van der Waals surface area contributed by atoms with E-state index in [1.54, 1.807) is 0 Å². The zero-order chi connectivity index (χ0) is 20.1. The SMILES string of the molecule is Cc1ccc2c(n1)CCC2CC(=O)COc1cc(C)c2c(C3CC3)nn(C)c2n1. The fraction of sp³-hybridized carbons (Fsp3) is 0.478. The van der Waals surface area contributed by atoms with Crippen molar-refractivity contribution < 1.29 is 9.53 Å². The molecule has 29 heavy (non-hydrogen) atoms. The number of aromatic nitrogens is 4. The van der Waals surface area contributed by atoms with Gasteiger partial charge in [-0.2, -0.15) is 10.1 Å². The van der Waals surface area contributed by atoms with E-state index in [0.29, 0.717) is 18.2 Å². The first-order chi connectivity index (χ1) is 14.0. The van der Waals surface area contributed by atoms with E-state index < -0.39 is 0 Å². The molecule has 0 aliphatic heterocycles. The average Bonchev–Trinajstić information content (AvgIpc) is 3.39. The Morgan fingerprint density at radius 3 is 2.83 bits per heavy atom. The molecular weight excluding hydrogens is 364 g/mol. The van der Waals surface area contributed by atoms with E-state index in [4.69, 9.17) is 4.74 Å². The Kier molecular flexibility index (Phi) is 4.37. The van der Waals surface area contributed by atoms with Gasteiger partial charge in [-0.1, -0.05) is 6.07 Å². The number of fused-ring (bicyclic) bond motifs is 2. The van der Waals surface area contributed by atoms with Gasteiger partial charge in [0.25, 0.3) is 0 Å². The molecule has 3 aromatic rings. The van der Waals surface area contributed by atoms with Crippen molar-refractivity contribution >= 4 is 16.8 Å². The van der Waals surface area contributed by atoms with Crippen molar-refractivity contribution in [2.24, 2.45) is 7.05 Å². The number of nitrogens with zero attached hydrogens (tertiary/aromatic N) is 4. The number of hydrogen-bond donors (Lipinski definition) is 0. The largest absolute Gasteiger partial charge is 0.470 e. The van der Waals surface area contributed by atoms with Crippen LogP contribution in [0.3, 0.4) is 0 Å². The summed E-state index contributed by atoms with van der Waals surface area (Å²) in [5.74, 6) is 1.43. The maximum atomic E-state index is 12.6. The van der Waals surface area contributed by atoms with Gasteiger partial charge in [0.15, 0.2) is 11.4 Å². The van der Waals surface area contributed by atoms with Crippen LogP contribution in [0.15, 0.2) is 18.2 Å². The van der Waals surface area contributed by atoms with E-state index >= 15 is 0 Å². The van der Waals surface area contributed by atoms with E-state index in [2.05, 4.69) is 28.1 Å². The van der Waals surface area contributed by atoms with Crippen LogP contribution in [-0.4, -0.2) is 32.1 Å². The van der Waals surface area contributed by atoms with Gasteiger partial charge < -0.3 is 4.74 Å². The molecule has 0 aromatic carbocycles. The quantitative estimate of drug-likeness (QED) is 0.638. The van der Waals surface area contributed by atoms with Crippen LogP contribution in [0.4, 0.5) is 0 Å². The molecule has 6 heteroatoms. The second-order valence-corrected chi connectivity index (χ2v) is 8.51. The van der Waals surface area contributed by atoms with Gasteiger partial charge in [0.05, 0.1) is 5.69 Å². The summed E-state index contributed by atoms with van der Waals surface area (Å²) in [7, 11) is 1.92. The van der Waals surface area contributed by atoms with Crippen LogP contribution in [0.5, 0.6) is 5.88 Å². The minimum Gasteiger partial charge on any atom is -0.470 e. The molecule has 1 atom stereocenters. The molecular formula is C23H26N4O2. The molecule has 0 radical (unpaired) electrons. The lowest BCUT2D eigenvalue weighted by molar-refractivity contribution is -0.121. The predicted molar refractivity (Wildman–Crippen MR) is 110 cm³/mol. The number of Topliss-reactive ketones (excluding diaryl/α,β-unsaturated/α-hetero) is 1. The summed E-state index contributed by atoms with van der Waals surface area (Å²) >= 11 is 0. The van der Waals surface area contributed by atoms with E-state index in [1.807, 2.05) is 30.8 Å². The van der Waals surface area contributed by atoms with Crippen LogP contribution < -0.4 is 4.74 Å². The van der Waals surface area contributed by atoms with Gasteiger partial charge in [-0.25, -0.2) is 0 Å². The number of aryl methyl sites for hydroxylation is 4. The third-order valence-electron chi connectivity index (χ3n) is 6.13. The minimum absolute atomic E-state index is 0.0520. The Balaban J connectivity index is 1.28. The second-order valence-electron chi connectivity index (χ2n) is 8.51. The number of ether oxygens (including phenoxy) is 1. The highest BCUT2D eigenvalue weighted by Gasteiger charge is 2.30. The first-order valence-electron chi connectivity index (χ1n) is 10.4. The lowest BCUT2D eigenvalue weighted by Crippen LogP contribution is -2.15. The minimum atomic E-state index is 0.0520. The summed E-state index contributed by atoms with van der Waals surface area (Å²) in [5.41, 5.74) is 6.50. The second kappa shape index (κ2) is 6.94. The highest BCUT2D eigenvalue weighted by molar-refractivity contribution is 5.84. The summed E-state index contributed by atoms with van der Waals surface area (Å²) < 4.78 is 7.63. The summed E-state index contributed by atoms with van der Waals surface area (Å²) in [6.45, 7) is 4.13. The van der Waals surface area contributed by atoms with Crippen LogP contribution in [0, 0.1) is 13.8 Å². The smallest absolute Gasteiger partial charge is 0.215 e. The molecule has 0 amide bonds.